The van der Waals surface area contributed by atoms with Crippen molar-refractivity contribution in [3.63, 3.8) is 0 Å². The lowest BCUT2D eigenvalue weighted by Crippen LogP contribution is -2.37. The molecule has 0 bridgehead atoms. The third-order valence-corrected chi connectivity index (χ3v) is 4.16. The summed E-state index contributed by atoms with van der Waals surface area (Å²) in [7, 11) is 1.68. The molecule has 0 saturated heterocycles. The Hall–Kier alpha value is -3.18. The molecular formula is C16H15N5O3. The van der Waals surface area contributed by atoms with Gasteiger partial charge in [-0.3, -0.25) is 19.8 Å². The average Bonchev–Trinajstić information content (AvgIpc) is 3.00. The summed E-state index contributed by atoms with van der Waals surface area (Å²) in [5, 5.41) is 17.7. The molecule has 0 saturated carbocycles. The highest BCUT2D eigenvalue weighted by molar-refractivity contribution is 5.94. The summed E-state index contributed by atoms with van der Waals surface area (Å²) in [4.78, 5) is 30.0. The Balaban J connectivity index is 1.82. The van der Waals surface area contributed by atoms with E-state index in [9.17, 15) is 9.59 Å². The minimum absolute atomic E-state index is 0.163. The van der Waals surface area contributed by atoms with Crippen molar-refractivity contribution in [3.8, 4) is 6.07 Å². The second-order valence-corrected chi connectivity index (χ2v) is 5.52. The van der Waals surface area contributed by atoms with Crippen LogP contribution in [0, 0.1) is 11.3 Å². The number of hydroxylamine groups is 1. The Morgan fingerprint density at radius 2 is 2.21 bits per heavy atom. The molecule has 0 radical (unpaired) electrons. The highest BCUT2D eigenvalue weighted by atomic mass is 16.5. The number of carbonyl (C=O) groups is 2. The van der Waals surface area contributed by atoms with Crippen LogP contribution in [0.3, 0.4) is 0 Å². The molecule has 8 nitrogen and oxygen atoms in total. The summed E-state index contributed by atoms with van der Waals surface area (Å²) in [6.07, 6.45) is 1.94. The van der Waals surface area contributed by atoms with Crippen LogP contribution in [0.5, 0.6) is 0 Å². The molecule has 2 aromatic rings. The molecule has 3 heterocycles. The van der Waals surface area contributed by atoms with E-state index in [1.54, 1.807) is 40.2 Å². The first-order chi connectivity index (χ1) is 11.5. The number of nitrogens with one attached hydrogen (secondary N) is 1. The van der Waals surface area contributed by atoms with E-state index < -0.39 is 5.91 Å². The molecule has 1 aliphatic rings. The maximum Gasteiger partial charge on any atom is 0.276 e. The van der Waals surface area contributed by atoms with Gasteiger partial charge >= 0.3 is 0 Å². The smallest absolute Gasteiger partial charge is 0.276 e. The summed E-state index contributed by atoms with van der Waals surface area (Å²) in [6.45, 7) is 0.826. The molecular weight excluding hydrogens is 310 g/mol. The van der Waals surface area contributed by atoms with Gasteiger partial charge in [-0.25, -0.2) is 5.48 Å². The Labute approximate surface area is 137 Å². The zero-order chi connectivity index (χ0) is 17.3. The Morgan fingerprint density at radius 1 is 1.42 bits per heavy atom. The predicted octanol–water partition coefficient (Wildman–Crippen LogP) is 0.609. The molecule has 24 heavy (non-hydrogen) atoms. The van der Waals surface area contributed by atoms with E-state index in [4.69, 9.17) is 10.5 Å². The van der Waals surface area contributed by atoms with Crippen LogP contribution < -0.4 is 5.48 Å². The van der Waals surface area contributed by atoms with Gasteiger partial charge in [0.25, 0.3) is 11.8 Å². The summed E-state index contributed by atoms with van der Waals surface area (Å²) >= 11 is 0. The fourth-order valence-electron chi connectivity index (χ4n) is 2.78. The van der Waals surface area contributed by atoms with Crippen LogP contribution in [0.1, 0.15) is 37.8 Å². The molecule has 0 aliphatic carbocycles. The van der Waals surface area contributed by atoms with E-state index in [1.165, 1.54) is 6.20 Å². The number of pyridine rings is 1. The minimum Gasteiger partial charge on any atom is -0.331 e. The van der Waals surface area contributed by atoms with Crippen molar-refractivity contribution in [2.24, 2.45) is 7.05 Å². The molecule has 3 rings (SSSR count). The lowest BCUT2D eigenvalue weighted by molar-refractivity contribution is 0.0699. The third-order valence-electron chi connectivity index (χ3n) is 4.16. The molecule has 122 valence electrons. The first-order valence-corrected chi connectivity index (χ1v) is 7.32. The maximum atomic E-state index is 12.7. The van der Waals surface area contributed by atoms with E-state index >= 15 is 0 Å². The van der Waals surface area contributed by atoms with Gasteiger partial charge < -0.3 is 9.47 Å². The fraction of sp³-hybridized carbons (Fsp3) is 0.250. The zero-order valence-corrected chi connectivity index (χ0v) is 13.0. The summed E-state index contributed by atoms with van der Waals surface area (Å²) in [5.74, 6) is -0.778. The van der Waals surface area contributed by atoms with Crippen molar-refractivity contribution < 1.29 is 14.8 Å². The van der Waals surface area contributed by atoms with Crippen molar-refractivity contribution in [1.82, 2.24) is 19.9 Å². The SMILES string of the molecule is Cn1c(C#N)ccc1C(=O)N1CCc2cc(C(=O)NO)cnc2C1. The Bertz CT molecular complexity index is 865. The fourth-order valence-corrected chi connectivity index (χ4v) is 2.78. The largest absolute Gasteiger partial charge is 0.331 e. The van der Waals surface area contributed by atoms with Gasteiger partial charge in [0.1, 0.15) is 17.5 Å². The molecule has 2 aromatic heterocycles. The average molecular weight is 325 g/mol. The van der Waals surface area contributed by atoms with Crippen LogP contribution in [0.2, 0.25) is 0 Å². The highest BCUT2D eigenvalue weighted by Gasteiger charge is 2.25. The van der Waals surface area contributed by atoms with Gasteiger partial charge in [-0.1, -0.05) is 0 Å². The zero-order valence-electron chi connectivity index (χ0n) is 13.0. The molecule has 8 heteroatoms. The Kier molecular flexibility index (Phi) is 4.02. The standard InChI is InChI=1S/C16H15N5O3/c1-20-12(7-17)2-3-14(20)16(23)21-5-4-10-6-11(15(22)19-24)8-18-13(10)9-21/h2-3,6,8,24H,4-5,9H2,1H3,(H,19,22). The van der Waals surface area contributed by atoms with Crippen LogP contribution in [-0.2, 0) is 20.0 Å². The second-order valence-electron chi connectivity index (χ2n) is 5.52. The van der Waals surface area contributed by atoms with Crippen LogP contribution >= 0.6 is 0 Å². The van der Waals surface area contributed by atoms with Gasteiger partial charge in [0, 0.05) is 19.8 Å². The number of rotatable bonds is 2. The van der Waals surface area contributed by atoms with Gasteiger partial charge in [0.05, 0.1) is 17.8 Å². The summed E-state index contributed by atoms with van der Waals surface area (Å²) < 4.78 is 1.57. The lowest BCUT2D eigenvalue weighted by atomic mass is 10.0. The van der Waals surface area contributed by atoms with Crippen LogP contribution in [0.4, 0.5) is 0 Å². The van der Waals surface area contributed by atoms with Crippen molar-refractivity contribution in [2.45, 2.75) is 13.0 Å². The molecule has 2 N–H and O–H groups in total. The minimum atomic E-state index is -0.614. The topological polar surface area (TPSA) is 111 Å². The number of hydrogen-bond acceptors (Lipinski definition) is 5. The maximum absolute atomic E-state index is 12.7. The molecule has 0 spiro atoms. The van der Waals surface area contributed by atoms with Crippen molar-refractivity contribution >= 4 is 11.8 Å². The predicted molar refractivity (Wildman–Crippen MR) is 82.1 cm³/mol. The first-order valence-electron chi connectivity index (χ1n) is 7.32. The molecule has 2 amide bonds. The van der Waals surface area contributed by atoms with Crippen LogP contribution in [0.15, 0.2) is 24.4 Å². The molecule has 0 atom stereocenters. The van der Waals surface area contributed by atoms with Crippen molar-refractivity contribution in [1.29, 1.82) is 5.26 Å². The molecule has 0 fully saturated rings. The number of fused-ring (bicyclic) bond motifs is 1. The summed E-state index contributed by atoms with van der Waals surface area (Å²) in [6, 6.07) is 6.96. The van der Waals surface area contributed by atoms with Gasteiger partial charge in [0.2, 0.25) is 0 Å². The van der Waals surface area contributed by atoms with E-state index in [1.807, 2.05) is 6.07 Å². The van der Waals surface area contributed by atoms with Crippen molar-refractivity contribution in [2.75, 3.05) is 6.54 Å². The quantitative estimate of drug-likeness (QED) is 0.621. The number of hydrogen-bond donors (Lipinski definition) is 2. The number of carbonyl (C=O) groups excluding carboxylic acids is 2. The first kappa shape index (κ1) is 15.7. The van der Waals surface area contributed by atoms with Crippen molar-refractivity contribution in [3.05, 3.63) is 52.6 Å². The van der Waals surface area contributed by atoms with E-state index in [2.05, 4.69) is 4.98 Å². The number of amides is 2. The Morgan fingerprint density at radius 3 is 2.88 bits per heavy atom. The van der Waals surface area contributed by atoms with Gasteiger partial charge in [0.15, 0.2) is 0 Å². The van der Waals surface area contributed by atoms with Gasteiger partial charge in [-0.2, -0.15) is 5.26 Å². The monoisotopic (exact) mass is 325 g/mol. The van der Waals surface area contributed by atoms with E-state index in [0.717, 1.165) is 11.3 Å². The number of aromatic nitrogens is 2. The third kappa shape index (κ3) is 2.61. The molecule has 0 aromatic carbocycles. The molecule has 0 unspecified atom stereocenters. The van der Waals surface area contributed by atoms with E-state index in [0.29, 0.717) is 30.9 Å². The lowest BCUT2D eigenvalue weighted by Gasteiger charge is -2.28. The summed E-state index contributed by atoms with van der Waals surface area (Å²) in [5.41, 5.74) is 4.33. The number of nitrogens with zero attached hydrogens (tertiary/aromatic N) is 4. The van der Waals surface area contributed by atoms with Crippen LogP contribution in [-0.4, -0.2) is 38.0 Å². The van der Waals surface area contributed by atoms with E-state index in [-0.39, 0.29) is 11.5 Å². The normalized spacial score (nSPS) is 13.1. The number of nitriles is 1. The second kappa shape index (κ2) is 6.14. The van der Waals surface area contributed by atoms with Gasteiger partial charge in [-0.05, 0) is 30.2 Å². The van der Waals surface area contributed by atoms with Gasteiger partial charge in [-0.15, -0.1) is 0 Å². The molecule has 1 aliphatic heterocycles. The van der Waals surface area contributed by atoms with Crippen LogP contribution in [0.25, 0.3) is 0 Å². The highest BCUT2D eigenvalue weighted by Crippen LogP contribution is 2.20.